The highest BCUT2D eigenvalue weighted by Crippen LogP contribution is 2.37. The van der Waals surface area contributed by atoms with Crippen molar-refractivity contribution in [3.63, 3.8) is 0 Å². The Kier molecular flexibility index (Phi) is 3.30. The Labute approximate surface area is 137 Å². The van der Waals surface area contributed by atoms with Crippen LogP contribution in [0.1, 0.15) is 25.5 Å². The largest absolute Gasteiger partial charge is 0.463 e. The van der Waals surface area contributed by atoms with E-state index in [1.54, 1.807) is 11.6 Å². The molecule has 8 nitrogen and oxygen atoms in total. The molecule has 0 bridgehead atoms. The third-order valence-corrected chi connectivity index (χ3v) is 4.13. The molecule has 0 aliphatic carbocycles. The van der Waals surface area contributed by atoms with E-state index >= 15 is 0 Å². The van der Waals surface area contributed by atoms with Gasteiger partial charge >= 0.3 is 5.97 Å². The van der Waals surface area contributed by atoms with Crippen molar-refractivity contribution in [2.45, 2.75) is 19.9 Å². The van der Waals surface area contributed by atoms with Crippen LogP contribution in [0.25, 0.3) is 10.9 Å². The molecule has 3 heterocycles. The van der Waals surface area contributed by atoms with Gasteiger partial charge in [0.1, 0.15) is 6.04 Å². The van der Waals surface area contributed by atoms with E-state index in [0.29, 0.717) is 23.8 Å². The average molecular weight is 324 g/mol. The fourth-order valence-corrected chi connectivity index (χ4v) is 3.09. The number of para-hydroxylation sites is 1. The quantitative estimate of drug-likeness (QED) is 0.715. The van der Waals surface area contributed by atoms with Crippen LogP contribution in [0.3, 0.4) is 0 Å². The maximum atomic E-state index is 12.6. The fraction of sp³-hybridized carbons (Fsp3) is 0.250. The molecule has 0 radical (unpaired) electrons. The van der Waals surface area contributed by atoms with Crippen LogP contribution in [-0.4, -0.2) is 37.8 Å². The summed E-state index contributed by atoms with van der Waals surface area (Å²) in [5.74, 6) is 0.120. The van der Waals surface area contributed by atoms with Crippen molar-refractivity contribution >= 4 is 22.8 Å². The Bertz CT molecular complexity index is 954. The molecule has 0 saturated heterocycles. The third-order valence-electron chi connectivity index (χ3n) is 4.13. The van der Waals surface area contributed by atoms with Gasteiger partial charge in [-0.1, -0.05) is 23.3 Å². The predicted molar refractivity (Wildman–Crippen MR) is 87.2 cm³/mol. The highest BCUT2D eigenvalue weighted by atomic mass is 16.5. The van der Waals surface area contributed by atoms with Gasteiger partial charge in [-0.15, -0.1) is 0 Å². The SMILES string of the molecule is CCOC(=O)C1=C(C)Nc2nnnn2[C@@H]1c1c[nH]c2ccccc12. The molecule has 1 aliphatic heterocycles. The van der Waals surface area contributed by atoms with Crippen molar-refractivity contribution in [3.8, 4) is 0 Å². The number of hydrogen-bond donors (Lipinski definition) is 2. The lowest BCUT2D eigenvalue weighted by Crippen LogP contribution is -2.29. The smallest absolute Gasteiger partial charge is 0.338 e. The summed E-state index contributed by atoms with van der Waals surface area (Å²) in [7, 11) is 0. The number of tetrazole rings is 1. The summed E-state index contributed by atoms with van der Waals surface area (Å²) in [6.07, 6.45) is 1.89. The number of H-pyrrole nitrogens is 1. The van der Waals surface area contributed by atoms with Crippen LogP contribution < -0.4 is 5.32 Å². The lowest BCUT2D eigenvalue weighted by molar-refractivity contribution is -0.139. The topological polar surface area (TPSA) is 97.7 Å². The maximum Gasteiger partial charge on any atom is 0.338 e. The van der Waals surface area contributed by atoms with E-state index in [1.165, 1.54) is 0 Å². The Morgan fingerprint density at radius 1 is 1.38 bits per heavy atom. The molecule has 2 aromatic heterocycles. The first-order valence-corrected chi connectivity index (χ1v) is 7.69. The van der Waals surface area contributed by atoms with Gasteiger partial charge in [0.05, 0.1) is 12.2 Å². The molecule has 0 unspecified atom stereocenters. The number of aromatic amines is 1. The van der Waals surface area contributed by atoms with Gasteiger partial charge in [-0.2, -0.15) is 4.68 Å². The number of esters is 1. The number of carbonyl (C=O) groups is 1. The first-order valence-electron chi connectivity index (χ1n) is 7.69. The number of anilines is 1. The zero-order valence-corrected chi connectivity index (χ0v) is 13.3. The van der Waals surface area contributed by atoms with Crippen LogP contribution in [0.15, 0.2) is 41.7 Å². The molecular weight excluding hydrogens is 308 g/mol. The minimum absolute atomic E-state index is 0.304. The van der Waals surface area contributed by atoms with Crippen molar-refractivity contribution < 1.29 is 9.53 Å². The Balaban J connectivity index is 1.94. The van der Waals surface area contributed by atoms with Crippen LogP contribution in [0, 0.1) is 0 Å². The van der Waals surface area contributed by atoms with Gasteiger partial charge in [-0.25, -0.2) is 4.79 Å². The fourth-order valence-electron chi connectivity index (χ4n) is 3.09. The minimum atomic E-state index is -0.452. The van der Waals surface area contributed by atoms with E-state index in [0.717, 1.165) is 16.5 Å². The molecule has 8 heteroatoms. The van der Waals surface area contributed by atoms with Crippen molar-refractivity contribution in [3.05, 3.63) is 47.3 Å². The van der Waals surface area contributed by atoms with Crippen molar-refractivity contribution in [1.82, 2.24) is 25.2 Å². The summed E-state index contributed by atoms with van der Waals surface area (Å²) in [6, 6.07) is 7.46. The molecule has 1 aliphatic rings. The Hall–Kier alpha value is -3.16. The van der Waals surface area contributed by atoms with Gasteiger partial charge in [-0.3, -0.25) is 0 Å². The zero-order chi connectivity index (χ0) is 16.7. The molecule has 4 rings (SSSR count). The molecule has 24 heavy (non-hydrogen) atoms. The molecule has 1 atom stereocenters. The molecule has 0 spiro atoms. The number of allylic oxidation sites excluding steroid dienone is 1. The molecular formula is C16H16N6O2. The number of ether oxygens (including phenoxy) is 1. The van der Waals surface area contributed by atoms with E-state index in [1.807, 2.05) is 37.4 Å². The third kappa shape index (κ3) is 2.07. The number of benzene rings is 1. The summed E-state index contributed by atoms with van der Waals surface area (Å²) in [5.41, 5.74) is 3.09. The standard InChI is InChI=1S/C16H16N6O2/c1-3-24-15(23)13-9(2)18-16-19-20-21-22(16)14(13)11-8-17-12-7-5-4-6-10(11)12/h4-8,14,17H,3H2,1-2H3,(H,18,19,21)/t14-/m1/s1. The van der Waals surface area contributed by atoms with Crippen LogP contribution >= 0.6 is 0 Å². The molecule has 0 amide bonds. The molecule has 2 N–H and O–H groups in total. The van der Waals surface area contributed by atoms with Gasteiger partial charge < -0.3 is 15.0 Å². The first-order chi connectivity index (χ1) is 11.7. The second-order valence-corrected chi connectivity index (χ2v) is 5.52. The second-order valence-electron chi connectivity index (χ2n) is 5.52. The first kappa shape index (κ1) is 14.4. The zero-order valence-electron chi connectivity index (χ0n) is 13.3. The van der Waals surface area contributed by atoms with Crippen LogP contribution in [0.4, 0.5) is 5.95 Å². The number of hydrogen-bond acceptors (Lipinski definition) is 6. The molecule has 122 valence electrons. The Morgan fingerprint density at radius 3 is 3.04 bits per heavy atom. The highest BCUT2D eigenvalue weighted by molar-refractivity contribution is 5.94. The van der Waals surface area contributed by atoms with Crippen molar-refractivity contribution in [2.75, 3.05) is 11.9 Å². The second kappa shape index (κ2) is 5.48. The Morgan fingerprint density at radius 2 is 2.21 bits per heavy atom. The highest BCUT2D eigenvalue weighted by Gasteiger charge is 2.36. The van der Waals surface area contributed by atoms with E-state index in [9.17, 15) is 4.79 Å². The van der Waals surface area contributed by atoms with Gasteiger partial charge in [-0.05, 0) is 30.3 Å². The summed E-state index contributed by atoms with van der Waals surface area (Å²) in [4.78, 5) is 15.8. The van der Waals surface area contributed by atoms with Gasteiger partial charge in [0, 0.05) is 28.4 Å². The molecule has 3 aromatic rings. The maximum absolute atomic E-state index is 12.6. The number of rotatable bonds is 3. The van der Waals surface area contributed by atoms with Gasteiger partial charge in [0.25, 0.3) is 0 Å². The summed E-state index contributed by atoms with van der Waals surface area (Å²) < 4.78 is 6.86. The number of carbonyl (C=O) groups excluding carboxylic acids is 1. The lowest BCUT2D eigenvalue weighted by Gasteiger charge is -2.26. The number of aromatic nitrogens is 5. The van der Waals surface area contributed by atoms with Crippen LogP contribution in [0.5, 0.6) is 0 Å². The van der Waals surface area contributed by atoms with Gasteiger partial charge in [0.2, 0.25) is 5.95 Å². The summed E-state index contributed by atoms with van der Waals surface area (Å²) in [6.45, 7) is 3.91. The van der Waals surface area contributed by atoms with Gasteiger partial charge in [0.15, 0.2) is 0 Å². The summed E-state index contributed by atoms with van der Waals surface area (Å²) >= 11 is 0. The van der Waals surface area contributed by atoms with E-state index in [2.05, 4.69) is 25.8 Å². The molecule has 1 aromatic carbocycles. The van der Waals surface area contributed by atoms with E-state index in [4.69, 9.17) is 4.74 Å². The summed E-state index contributed by atoms with van der Waals surface area (Å²) in [5, 5.41) is 15.9. The number of nitrogens with zero attached hydrogens (tertiary/aromatic N) is 4. The lowest BCUT2D eigenvalue weighted by atomic mass is 9.95. The number of fused-ring (bicyclic) bond motifs is 2. The number of nitrogens with one attached hydrogen (secondary N) is 2. The predicted octanol–water partition coefficient (Wildman–Crippen LogP) is 2.01. The molecule has 0 fully saturated rings. The van der Waals surface area contributed by atoms with E-state index < -0.39 is 6.04 Å². The van der Waals surface area contributed by atoms with Crippen molar-refractivity contribution in [2.24, 2.45) is 0 Å². The van der Waals surface area contributed by atoms with Crippen LogP contribution in [0.2, 0.25) is 0 Å². The van der Waals surface area contributed by atoms with E-state index in [-0.39, 0.29) is 5.97 Å². The van der Waals surface area contributed by atoms with Crippen molar-refractivity contribution in [1.29, 1.82) is 0 Å². The monoisotopic (exact) mass is 324 g/mol. The molecule has 0 saturated carbocycles. The van der Waals surface area contributed by atoms with Crippen LogP contribution in [-0.2, 0) is 9.53 Å². The normalized spacial score (nSPS) is 16.8. The average Bonchev–Trinajstić information content (AvgIpc) is 3.20. The minimum Gasteiger partial charge on any atom is -0.463 e.